The van der Waals surface area contributed by atoms with Gasteiger partial charge in [-0.2, -0.15) is 0 Å². The molecule has 1 unspecified atom stereocenters. The molecule has 0 bridgehead atoms. The van der Waals surface area contributed by atoms with Crippen molar-refractivity contribution in [1.29, 1.82) is 0 Å². The van der Waals surface area contributed by atoms with Crippen LogP contribution in [0.2, 0.25) is 0 Å². The van der Waals surface area contributed by atoms with Gasteiger partial charge in [0.15, 0.2) is 0 Å². The van der Waals surface area contributed by atoms with E-state index in [4.69, 9.17) is 5.73 Å². The summed E-state index contributed by atoms with van der Waals surface area (Å²) in [4.78, 5) is 6.41. The third-order valence-corrected chi connectivity index (χ3v) is 3.47. The highest BCUT2D eigenvalue weighted by Crippen LogP contribution is 2.11. The molecule has 1 aromatic heterocycles. The van der Waals surface area contributed by atoms with Crippen LogP contribution in [0, 0.1) is 0 Å². The maximum absolute atomic E-state index is 5.89. The monoisotopic (exact) mass is 249 g/mol. The van der Waals surface area contributed by atoms with E-state index in [0.29, 0.717) is 6.04 Å². The van der Waals surface area contributed by atoms with Crippen molar-refractivity contribution in [1.82, 2.24) is 9.88 Å². The maximum Gasteiger partial charge on any atom is 0.0271 e. The summed E-state index contributed by atoms with van der Waals surface area (Å²) in [6.45, 7) is 3.95. The fourth-order valence-electron chi connectivity index (χ4n) is 2.23. The second-order valence-corrected chi connectivity index (χ2v) is 5.01. The first kappa shape index (κ1) is 15.1. The highest BCUT2D eigenvalue weighted by molar-refractivity contribution is 5.09. The van der Waals surface area contributed by atoms with Crippen LogP contribution < -0.4 is 5.73 Å². The van der Waals surface area contributed by atoms with Crippen molar-refractivity contribution in [2.75, 3.05) is 13.6 Å². The lowest BCUT2D eigenvalue weighted by Gasteiger charge is -2.27. The zero-order valence-electron chi connectivity index (χ0n) is 11.8. The largest absolute Gasteiger partial charge is 0.329 e. The van der Waals surface area contributed by atoms with Crippen molar-refractivity contribution < 1.29 is 0 Å². The smallest absolute Gasteiger partial charge is 0.0271 e. The first-order valence-corrected chi connectivity index (χ1v) is 7.07. The van der Waals surface area contributed by atoms with Crippen molar-refractivity contribution >= 4 is 0 Å². The van der Waals surface area contributed by atoms with Crippen LogP contribution in [0.15, 0.2) is 24.5 Å². The molecular weight excluding hydrogens is 222 g/mol. The summed E-state index contributed by atoms with van der Waals surface area (Å²) < 4.78 is 0. The Morgan fingerprint density at radius 1 is 1.22 bits per heavy atom. The predicted molar refractivity (Wildman–Crippen MR) is 77.3 cm³/mol. The molecule has 0 fully saturated rings. The van der Waals surface area contributed by atoms with E-state index in [1.54, 1.807) is 0 Å². The molecule has 3 nitrogen and oxygen atoms in total. The summed E-state index contributed by atoms with van der Waals surface area (Å²) in [5.41, 5.74) is 7.19. The van der Waals surface area contributed by atoms with Crippen LogP contribution in [0.3, 0.4) is 0 Å². The number of hydrogen-bond acceptors (Lipinski definition) is 3. The van der Waals surface area contributed by atoms with E-state index >= 15 is 0 Å². The van der Waals surface area contributed by atoms with E-state index in [-0.39, 0.29) is 0 Å². The number of pyridine rings is 1. The second-order valence-electron chi connectivity index (χ2n) is 5.01. The molecule has 1 aromatic rings. The van der Waals surface area contributed by atoms with Crippen LogP contribution in [0.5, 0.6) is 0 Å². The Balaban J connectivity index is 2.34. The quantitative estimate of drug-likeness (QED) is 0.684. The zero-order valence-corrected chi connectivity index (χ0v) is 11.8. The maximum atomic E-state index is 5.89. The van der Waals surface area contributed by atoms with Gasteiger partial charge in [0.05, 0.1) is 0 Å². The van der Waals surface area contributed by atoms with Gasteiger partial charge < -0.3 is 5.73 Å². The molecule has 0 aromatic carbocycles. The lowest BCUT2D eigenvalue weighted by molar-refractivity contribution is 0.222. The minimum atomic E-state index is 0.495. The van der Waals surface area contributed by atoms with Gasteiger partial charge >= 0.3 is 0 Å². The van der Waals surface area contributed by atoms with Crippen LogP contribution >= 0.6 is 0 Å². The Hall–Kier alpha value is -0.930. The van der Waals surface area contributed by atoms with E-state index in [1.165, 1.54) is 37.7 Å². The molecule has 102 valence electrons. The normalized spacial score (nSPS) is 12.9. The fourth-order valence-corrected chi connectivity index (χ4v) is 2.23. The van der Waals surface area contributed by atoms with Crippen LogP contribution in [-0.2, 0) is 6.54 Å². The lowest BCUT2D eigenvalue weighted by Crippen LogP contribution is -2.37. The molecule has 0 spiro atoms. The van der Waals surface area contributed by atoms with Crippen LogP contribution in [0.4, 0.5) is 0 Å². The number of aromatic nitrogens is 1. The Morgan fingerprint density at radius 3 is 2.56 bits per heavy atom. The topological polar surface area (TPSA) is 42.1 Å². The summed E-state index contributed by atoms with van der Waals surface area (Å²) in [7, 11) is 2.16. The molecule has 0 saturated carbocycles. The average Bonchev–Trinajstić information content (AvgIpc) is 2.40. The molecule has 2 N–H and O–H groups in total. The summed E-state index contributed by atoms with van der Waals surface area (Å²) in [6.07, 6.45) is 10.2. The van der Waals surface area contributed by atoms with Gasteiger partial charge in [0.1, 0.15) is 0 Å². The number of hydrogen-bond donors (Lipinski definition) is 1. The zero-order chi connectivity index (χ0) is 13.2. The number of unbranched alkanes of at least 4 members (excludes halogenated alkanes) is 3. The van der Waals surface area contributed by atoms with Gasteiger partial charge in [0.25, 0.3) is 0 Å². The van der Waals surface area contributed by atoms with Crippen molar-refractivity contribution in [2.45, 2.75) is 51.6 Å². The van der Waals surface area contributed by atoms with Crippen LogP contribution in [0.1, 0.15) is 44.6 Å². The third-order valence-electron chi connectivity index (χ3n) is 3.47. The molecule has 0 amide bonds. The van der Waals surface area contributed by atoms with Gasteiger partial charge in [0.2, 0.25) is 0 Å². The predicted octanol–water partition coefficient (Wildman–Crippen LogP) is 2.81. The second kappa shape index (κ2) is 9.06. The molecule has 1 rings (SSSR count). The molecule has 18 heavy (non-hydrogen) atoms. The fraction of sp³-hybridized carbons (Fsp3) is 0.667. The number of rotatable bonds is 9. The van der Waals surface area contributed by atoms with Crippen LogP contribution in [0.25, 0.3) is 0 Å². The van der Waals surface area contributed by atoms with Gasteiger partial charge in [-0.3, -0.25) is 9.88 Å². The van der Waals surface area contributed by atoms with E-state index in [2.05, 4.69) is 36.0 Å². The highest BCUT2D eigenvalue weighted by Gasteiger charge is 2.12. The Bertz CT molecular complexity index is 300. The van der Waals surface area contributed by atoms with E-state index in [0.717, 1.165) is 13.1 Å². The molecule has 0 aliphatic rings. The van der Waals surface area contributed by atoms with Crippen molar-refractivity contribution in [3.05, 3.63) is 30.1 Å². The molecule has 0 radical (unpaired) electrons. The number of nitrogens with zero attached hydrogens (tertiary/aromatic N) is 2. The van der Waals surface area contributed by atoms with Gasteiger partial charge in [0, 0.05) is 31.5 Å². The summed E-state index contributed by atoms with van der Waals surface area (Å²) in [5, 5.41) is 0. The minimum Gasteiger partial charge on any atom is -0.329 e. The summed E-state index contributed by atoms with van der Waals surface area (Å²) >= 11 is 0. The Labute approximate surface area is 111 Å². The van der Waals surface area contributed by atoms with Crippen LogP contribution in [-0.4, -0.2) is 29.5 Å². The molecular formula is C15H27N3. The van der Waals surface area contributed by atoms with Gasteiger partial charge in [-0.05, 0) is 31.2 Å². The van der Waals surface area contributed by atoms with Gasteiger partial charge in [-0.25, -0.2) is 0 Å². The van der Waals surface area contributed by atoms with Crippen molar-refractivity contribution in [3.63, 3.8) is 0 Å². The van der Waals surface area contributed by atoms with E-state index in [1.807, 2.05) is 12.4 Å². The lowest BCUT2D eigenvalue weighted by atomic mass is 10.1. The number of likely N-dealkylation sites (N-methyl/N-ethyl adjacent to an activating group) is 1. The molecule has 0 aliphatic heterocycles. The third kappa shape index (κ3) is 5.61. The molecule has 1 atom stereocenters. The Kier molecular flexibility index (Phi) is 7.62. The van der Waals surface area contributed by atoms with Crippen molar-refractivity contribution in [2.24, 2.45) is 5.73 Å². The standard InChI is InChI=1S/C15H27N3/c1-3-4-5-6-7-15(12-16)18(2)13-14-8-10-17-11-9-14/h8-11,15H,3-7,12-13,16H2,1-2H3. The number of nitrogens with two attached hydrogens (primary N) is 1. The summed E-state index contributed by atoms with van der Waals surface area (Å²) in [5.74, 6) is 0. The van der Waals surface area contributed by atoms with Crippen molar-refractivity contribution in [3.8, 4) is 0 Å². The molecule has 0 saturated heterocycles. The average molecular weight is 249 g/mol. The van der Waals surface area contributed by atoms with Gasteiger partial charge in [-0.1, -0.05) is 32.6 Å². The first-order chi connectivity index (χ1) is 8.77. The molecule has 0 aliphatic carbocycles. The summed E-state index contributed by atoms with van der Waals surface area (Å²) in [6, 6.07) is 4.64. The highest BCUT2D eigenvalue weighted by atomic mass is 15.1. The Morgan fingerprint density at radius 2 is 1.94 bits per heavy atom. The van der Waals surface area contributed by atoms with E-state index in [9.17, 15) is 0 Å². The van der Waals surface area contributed by atoms with E-state index < -0.39 is 0 Å². The molecule has 3 heteroatoms. The minimum absolute atomic E-state index is 0.495. The van der Waals surface area contributed by atoms with Gasteiger partial charge in [-0.15, -0.1) is 0 Å². The first-order valence-electron chi connectivity index (χ1n) is 7.07. The molecule has 1 heterocycles. The SMILES string of the molecule is CCCCCCC(CN)N(C)Cc1ccncc1.